The number of nitrogens with one attached hydrogen (secondary N) is 1. The highest BCUT2D eigenvalue weighted by molar-refractivity contribution is 5.71. The molecule has 142 valence electrons. The maximum Gasteiger partial charge on any atom is 0.410 e. The van der Waals surface area contributed by atoms with Gasteiger partial charge in [0.25, 0.3) is 5.56 Å². The molecule has 26 heavy (non-hydrogen) atoms. The zero-order valence-electron chi connectivity index (χ0n) is 15.5. The molecule has 0 atom stereocenters. The summed E-state index contributed by atoms with van der Waals surface area (Å²) < 4.78 is 7.23. The van der Waals surface area contributed by atoms with Gasteiger partial charge < -0.3 is 38.5 Å². The maximum absolute atomic E-state index is 12.3. The Morgan fingerprint density at radius 2 is 1.92 bits per heavy atom. The highest BCUT2D eigenvalue weighted by Crippen LogP contribution is 2.15. The number of anilines is 1. The van der Waals surface area contributed by atoms with Crippen molar-refractivity contribution in [2.24, 2.45) is 7.05 Å². The zero-order chi connectivity index (χ0) is 18.2. The molecule has 0 radical (unpaired) electrons. The van der Waals surface area contributed by atoms with Crippen LogP contribution < -0.4 is 39.0 Å². The Morgan fingerprint density at radius 3 is 2.54 bits per heavy atom. The van der Waals surface area contributed by atoms with Crippen molar-refractivity contribution in [2.75, 3.05) is 31.1 Å². The van der Waals surface area contributed by atoms with Gasteiger partial charge in [0.1, 0.15) is 11.0 Å². The number of rotatable bonds is 1. The Morgan fingerprint density at radius 1 is 1.27 bits per heavy atom. The number of aromatic amines is 1. The van der Waals surface area contributed by atoms with Crippen molar-refractivity contribution < 1.29 is 38.1 Å². The SMILES string of the molecule is C[n+]1cccc2c(=O)[nH]c(N3CCN(C(=O)OC(C)(C)C)CC3)nc21.[I-]. The third-order valence-corrected chi connectivity index (χ3v) is 4.06. The molecule has 2 aromatic rings. The summed E-state index contributed by atoms with van der Waals surface area (Å²) in [5.74, 6) is 0.531. The van der Waals surface area contributed by atoms with Crippen LogP contribution in [0.5, 0.6) is 0 Å². The number of aryl methyl sites for hydroxylation is 1. The number of hydrogen-bond donors (Lipinski definition) is 1. The Bertz CT molecular complexity index is 854. The molecule has 9 heteroatoms. The van der Waals surface area contributed by atoms with Crippen molar-refractivity contribution in [3.63, 3.8) is 0 Å². The normalized spacial score (nSPS) is 14.9. The number of fused-ring (bicyclic) bond motifs is 1. The molecule has 0 aliphatic carbocycles. The molecule has 0 aromatic carbocycles. The molecule has 1 amide bonds. The first-order valence-corrected chi connectivity index (χ1v) is 8.36. The molecule has 1 aliphatic rings. The third-order valence-electron chi connectivity index (χ3n) is 4.06. The van der Waals surface area contributed by atoms with Crippen LogP contribution in [0.15, 0.2) is 23.1 Å². The van der Waals surface area contributed by atoms with Gasteiger partial charge in [-0.1, -0.05) is 0 Å². The Labute approximate surface area is 169 Å². The van der Waals surface area contributed by atoms with Gasteiger partial charge in [0, 0.05) is 26.2 Å². The Balaban J connectivity index is 0.00000243. The van der Waals surface area contributed by atoms with Crippen molar-refractivity contribution >= 4 is 23.1 Å². The minimum absolute atomic E-state index is 0. The molecule has 1 N–H and O–H groups in total. The number of hydrogen-bond acceptors (Lipinski definition) is 5. The molecule has 0 bridgehead atoms. The number of halogens is 1. The molecule has 1 saturated heterocycles. The number of ether oxygens (including phenoxy) is 1. The predicted molar refractivity (Wildman–Crippen MR) is 93.6 cm³/mol. The summed E-state index contributed by atoms with van der Waals surface area (Å²) in [5, 5.41) is 0.557. The number of carbonyl (C=O) groups is 1. The number of carbonyl (C=O) groups excluding carboxylic acids is 1. The van der Waals surface area contributed by atoms with Crippen LogP contribution in [-0.2, 0) is 11.8 Å². The first-order valence-electron chi connectivity index (χ1n) is 8.36. The van der Waals surface area contributed by atoms with Crippen LogP contribution in [-0.4, -0.2) is 52.7 Å². The molecule has 0 unspecified atom stereocenters. The second-order valence-corrected chi connectivity index (χ2v) is 7.20. The minimum atomic E-state index is -0.506. The summed E-state index contributed by atoms with van der Waals surface area (Å²) >= 11 is 0. The first kappa shape index (κ1) is 20.4. The lowest BCUT2D eigenvalue weighted by Crippen LogP contribution is -3.00. The first-order chi connectivity index (χ1) is 11.7. The highest BCUT2D eigenvalue weighted by Gasteiger charge is 2.28. The van der Waals surface area contributed by atoms with E-state index >= 15 is 0 Å². The minimum Gasteiger partial charge on any atom is -1.00 e. The topological polar surface area (TPSA) is 82.4 Å². The second-order valence-electron chi connectivity index (χ2n) is 7.20. The second kappa shape index (κ2) is 7.77. The van der Waals surface area contributed by atoms with E-state index in [1.165, 1.54) is 0 Å². The van der Waals surface area contributed by atoms with E-state index in [-0.39, 0.29) is 35.6 Å². The molecular formula is C17H24IN5O3. The summed E-state index contributed by atoms with van der Waals surface area (Å²) in [6, 6.07) is 3.57. The van der Waals surface area contributed by atoms with Crippen molar-refractivity contribution in [1.82, 2.24) is 14.9 Å². The summed E-state index contributed by atoms with van der Waals surface area (Å²) in [6.07, 6.45) is 1.55. The van der Waals surface area contributed by atoms with Gasteiger partial charge in [-0.05, 0) is 37.9 Å². The number of pyridine rings is 1. The van der Waals surface area contributed by atoms with Gasteiger partial charge in [0.05, 0.1) is 13.2 Å². The van der Waals surface area contributed by atoms with Gasteiger partial charge in [-0.15, -0.1) is 0 Å². The average Bonchev–Trinajstić information content (AvgIpc) is 2.54. The third kappa shape index (κ3) is 4.43. The number of amides is 1. The standard InChI is InChI=1S/C17H23N5O3.HI/c1-17(2,3)25-16(24)22-10-8-21(9-11-22)15-18-13-12(14(23)19-15)6-5-7-20(13)4;/h5-7H,8-11H2,1-4H3;1H. The lowest BCUT2D eigenvalue weighted by molar-refractivity contribution is -0.646. The molecule has 1 fully saturated rings. The van der Waals surface area contributed by atoms with Crippen molar-refractivity contribution in [2.45, 2.75) is 26.4 Å². The Hall–Kier alpha value is -1.91. The fraction of sp³-hybridized carbons (Fsp3) is 0.529. The quantitative estimate of drug-likeness (QED) is 0.376. The van der Waals surface area contributed by atoms with Crippen molar-refractivity contribution in [1.29, 1.82) is 0 Å². The van der Waals surface area contributed by atoms with E-state index in [4.69, 9.17) is 4.74 Å². The molecule has 3 heterocycles. The fourth-order valence-corrected chi connectivity index (χ4v) is 2.79. The maximum atomic E-state index is 12.3. The van der Waals surface area contributed by atoms with E-state index < -0.39 is 5.60 Å². The molecular weight excluding hydrogens is 449 g/mol. The smallest absolute Gasteiger partial charge is 0.410 e. The van der Waals surface area contributed by atoms with Crippen LogP contribution in [0.4, 0.5) is 10.7 Å². The highest BCUT2D eigenvalue weighted by atomic mass is 127. The van der Waals surface area contributed by atoms with Crippen LogP contribution in [0.2, 0.25) is 0 Å². The van der Waals surface area contributed by atoms with Gasteiger partial charge in [0.15, 0.2) is 0 Å². The van der Waals surface area contributed by atoms with Crippen molar-refractivity contribution in [3.8, 4) is 0 Å². The van der Waals surface area contributed by atoms with Crippen LogP contribution in [0.25, 0.3) is 11.0 Å². The molecule has 3 rings (SSSR count). The fourth-order valence-electron chi connectivity index (χ4n) is 2.79. The van der Waals surface area contributed by atoms with Crippen LogP contribution in [0.1, 0.15) is 20.8 Å². The monoisotopic (exact) mass is 473 g/mol. The summed E-state index contributed by atoms with van der Waals surface area (Å²) in [5.41, 5.74) is -0.0321. The summed E-state index contributed by atoms with van der Waals surface area (Å²) in [7, 11) is 1.86. The molecule has 8 nitrogen and oxygen atoms in total. The lowest BCUT2D eigenvalue weighted by atomic mass is 10.2. The number of piperazine rings is 1. The van der Waals surface area contributed by atoms with Gasteiger partial charge >= 0.3 is 17.7 Å². The molecule has 0 spiro atoms. The van der Waals surface area contributed by atoms with Crippen LogP contribution in [0, 0.1) is 0 Å². The molecule has 1 aliphatic heterocycles. The van der Waals surface area contributed by atoms with Gasteiger partial charge in [0.2, 0.25) is 0 Å². The number of aromatic nitrogens is 3. The van der Waals surface area contributed by atoms with Crippen LogP contribution >= 0.6 is 0 Å². The van der Waals surface area contributed by atoms with E-state index in [0.29, 0.717) is 43.2 Å². The van der Waals surface area contributed by atoms with E-state index in [9.17, 15) is 9.59 Å². The lowest BCUT2D eigenvalue weighted by Gasteiger charge is -2.34. The Kier molecular flexibility index (Phi) is 6.09. The van der Waals surface area contributed by atoms with Gasteiger partial charge in [-0.25, -0.2) is 9.36 Å². The largest absolute Gasteiger partial charge is 1.00 e. The van der Waals surface area contributed by atoms with Gasteiger partial charge in [-0.3, -0.25) is 9.78 Å². The van der Waals surface area contributed by atoms with E-state index in [1.54, 1.807) is 11.0 Å². The number of H-pyrrole nitrogens is 1. The van der Waals surface area contributed by atoms with E-state index in [2.05, 4.69) is 9.97 Å². The van der Waals surface area contributed by atoms with E-state index in [1.807, 2.05) is 49.5 Å². The average molecular weight is 473 g/mol. The van der Waals surface area contributed by atoms with Crippen LogP contribution in [0.3, 0.4) is 0 Å². The zero-order valence-corrected chi connectivity index (χ0v) is 17.6. The van der Waals surface area contributed by atoms with Crippen molar-refractivity contribution in [3.05, 3.63) is 28.7 Å². The summed E-state index contributed by atoms with van der Waals surface area (Å²) in [6.45, 7) is 7.78. The van der Waals surface area contributed by atoms with Gasteiger partial charge in [-0.2, -0.15) is 0 Å². The molecule has 2 aromatic heterocycles. The number of nitrogens with zero attached hydrogens (tertiary/aromatic N) is 4. The predicted octanol–water partition coefficient (Wildman–Crippen LogP) is -2.19. The molecule has 0 saturated carbocycles. The van der Waals surface area contributed by atoms with E-state index in [0.717, 1.165) is 0 Å². The summed E-state index contributed by atoms with van der Waals surface area (Å²) in [4.78, 5) is 35.5.